The number of carbonyl (C=O) groups excluding carboxylic acids is 4. The Hall–Kier alpha value is -5.77. The molecule has 4 aromatic rings. The largest absolute Gasteiger partial charge is 0.480 e. The molecule has 0 heterocycles. The van der Waals surface area contributed by atoms with E-state index in [4.69, 9.17) is 9.47 Å². The van der Waals surface area contributed by atoms with Crippen LogP contribution in [0.5, 0.6) is 0 Å². The zero-order valence-corrected chi connectivity index (χ0v) is 27.9. The highest BCUT2D eigenvalue weighted by atomic mass is 16.6. The molecule has 0 aliphatic heterocycles. The van der Waals surface area contributed by atoms with Gasteiger partial charge in [-0.1, -0.05) is 85.8 Å². The zero-order chi connectivity index (χ0) is 35.6. The van der Waals surface area contributed by atoms with Crippen molar-refractivity contribution in [2.24, 2.45) is 0 Å². The minimum atomic E-state index is -1.13. The van der Waals surface area contributed by atoms with Crippen LogP contribution in [0.4, 0.5) is 5.69 Å². The van der Waals surface area contributed by atoms with E-state index in [0.717, 1.165) is 27.8 Å². The summed E-state index contributed by atoms with van der Waals surface area (Å²) in [4.78, 5) is 61.7. The van der Waals surface area contributed by atoms with Gasteiger partial charge >= 0.3 is 23.8 Å². The lowest BCUT2D eigenvalue weighted by Gasteiger charge is -2.26. The number of rotatable bonds is 13. The maximum absolute atomic E-state index is 13.1. The molecule has 10 heteroatoms. The molecule has 1 atom stereocenters. The maximum Gasteiger partial charge on any atom is 0.397 e. The Kier molecular flexibility index (Phi) is 12.0. The van der Waals surface area contributed by atoms with Gasteiger partial charge in [0.1, 0.15) is 11.6 Å². The summed E-state index contributed by atoms with van der Waals surface area (Å²) >= 11 is 0. The highest BCUT2D eigenvalue weighted by Crippen LogP contribution is 2.28. The van der Waals surface area contributed by atoms with E-state index in [1.54, 1.807) is 19.9 Å². The molecule has 4 rings (SSSR count). The number of amides is 2. The van der Waals surface area contributed by atoms with Crippen molar-refractivity contribution in [2.75, 3.05) is 5.32 Å². The smallest absolute Gasteiger partial charge is 0.397 e. The second kappa shape index (κ2) is 16.4. The number of benzene rings is 4. The highest BCUT2D eigenvalue weighted by molar-refractivity contribution is 6.37. The molecule has 0 spiro atoms. The Morgan fingerprint density at radius 2 is 1.39 bits per heavy atom. The van der Waals surface area contributed by atoms with Crippen LogP contribution in [-0.2, 0) is 47.9 Å². The Morgan fingerprint density at radius 3 is 1.92 bits per heavy atom. The fourth-order valence-corrected chi connectivity index (χ4v) is 5.41. The molecular weight excluding hydrogens is 624 g/mol. The summed E-state index contributed by atoms with van der Waals surface area (Å²) in [6.45, 7) is 6.61. The van der Waals surface area contributed by atoms with Crippen molar-refractivity contribution in [1.82, 2.24) is 5.32 Å². The molecule has 0 aromatic heterocycles. The van der Waals surface area contributed by atoms with E-state index in [1.165, 1.54) is 31.2 Å². The van der Waals surface area contributed by atoms with Crippen molar-refractivity contribution in [3.63, 3.8) is 0 Å². The Bertz CT molecular complexity index is 1750. The summed E-state index contributed by atoms with van der Waals surface area (Å²) in [6, 6.07) is 29.3. The van der Waals surface area contributed by atoms with E-state index in [0.29, 0.717) is 18.5 Å². The lowest BCUT2D eigenvalue weighted by Crippen LogP contribution is -2.41. The van der Waals surface area contributed by atoms with Gasteiger partial charge in [0.05, 0.1) is 5.56 Å². The number of esters is 2. The third kappa shape index (κ3) is 10.4. The van der Waals surface area contributed by atoms with Crippen LogP contribution in [0.15, 0.2) is 103 Å². The van der Waals surface area contributed by atoms with Gasteiger partial charge in [-0.2, -0.15) is 0 Å². The average Bonchev–Trinajstić information content (AvgIpc) is 3.07. The minimum Gasteiger partial charge on any atom is -0.480 e. The van der Waals surface area contributed by atoms with Crippen LogP contribution < -0.4 is 10.6 Å². The number of hydrogen-bond donors (Lipinski definition) is 3. The minimum absolute atomic E-state index is 0.116. The van der Waals surface area contributed by atoms with Crippen molar-refractivity contribution in [1.29, 1.82) is 0 Å². The van der Waals surface area contributed by atoms with E-state index in [1.807, 2.05) is 79.7 Å². The zero-order valence-electron chi connectivity index (χ0n) is 27.9. The normalized spacial score (nSPS) is 11.7. The molecule has 4 aromatic carbocycles. The molecule has 10 nitrogen and oxygen atoms in total. The number of carboxylic acids is 1. The quantitative estimate of drug-likeness (QED) is 0.120. The molecule has 49 heavy (non-hydrogen) atoms. The molecular formula is C39H40N2O8. The summed E-state index contributed by atoms with van der Waals surface area (Å²) in [7, 11) is 0. The number of hydrogen-bond acceptors (Lipinski definition) is 7. The number of aliphatic carboxylic acids is 1. The highest BCUT2D eigenvalue weighted by Gasteiger charge is 2.29. The van der Waals surface area contributed by atoms with Gasteiger partial charge in [-0.15, -0.1) is 0 Å². The summed E-state index contributed by atoms with van der Waals surface area (Å²) in [6.07, 6.45) is 0.435. The first-order chi connectivity index (χ1) is 23.3. The van der Waals surface area contributed by atoms with Crippen LogP contribution in [0.3, 0.4) is 0 Å². The topological polar surface area (TPSA) is 148 Å². The summed E-state index contributed by atoms with van der Waals surface area (Å²) < 4.78 is 11.5. The maximum atomic E-state index is 13.1. The number of anilines is 1. The number of nitrogens with one attached hydrogen (secondary N) is 2. The molecule has 0 saturated carbocycles. The fourth-order valence-electron chi connectivity index (χ4n) is 5.41. The molecule has 0 saturated heterocycles. The van der Waals surface area contributed by atoms with Crippen LogP contribution in [0.2, 0.25) is 0 Å². The third-order valence-electron chi connectivity index (χ3n) is 7.75. The van der Waals surface area contributed by atoms with E-state index in [2.05, 4.69) is 10.6 Å². The van der Waals surface area contributed by atoms with Crippen molar-refractivity contribution in [3.05, 3.63) is 137 Å². The Labute approximate surface area is 285 Å². The van der Waals surface area contributed by atoms with Gasteiger partial charge in [0.25, 0.3) is 0 Å². The van der Waals surface area contributed by atoms with E-state index in [9.17, 15) is 29.1 Å². The van der Waals surface area contributed by atoms with Crippen molar-refractivity contribution >= 4 is 35.4 Å². The second-order valence-electron chi connectivity index (χ2n) is 12.2. The van der Waals surface area contributed by atoms with Gasteiger partial charge in [0, 0.05) is 25.5 Å². The number of ether oxygens (including phenoxy) is 2. The van der Waals surface area contributed by atoms with Crippen molar-refractivity contribution in [2.45, 2.75) is 64.7 Å². The van der Waals surface area contributed by atoms with Gasteiger partial charge in [0.15, 0.2) is 6.10 Å². The van der Waals surface area contributed by atoms with E-state index >= 15 is 0 Å². The number of carboxylic acid groups (broad SMARTS) is 1. The van der Waals surface area contributed by atoms with Crippen LogP contribution in [0.1, 0.15) is 72.0 Å². The first-order valence-electron chi connectivity index (χ1n) is 15.9. The summed E-state index contributed by atoms with van der Waals surface area (Å²) in [5, 5.41) is 14.4. The van der Waals surface area contributed by atoms with Gasteiger partial charge in [0.2, 0.25) is 5.91 Å². The second-order valence-corrected chi connectivity index (χ2v) is 12.2. The van der Waals surface area contributed by atoms with Crippen molar-refractivity contribution in [3.8, 4) is 0 Å². The van der Waals surface area contributed by atoms with Crippen molar-refractivity contribution < 1.29 is 38.6 Å². The number of aryl methyl sites for hydroxylation is 1. The molecule has 0 aliphatic rings. The summed E-state index contributed by atoms with van der Waals surface area (Å²) in [5.74, 6) is -4.15. The predicted molar refractivity (Wildman–Crippen MR) is 184 cm³/mol. The van der Waals surface area contributed by atoms with E-state index < -0.39 is 47.5 Å². The predicted octanol–water partition coefficient (Wildman–Crippen LogP) is 5.83. The fraction of sp³-hybridized carbons (Fsp3) is 0.256. The van der Waals surface area contributed by atoms with Gasteiger partial charge in [-0.3, -0.25) is 9.59 Å². The lowest BCUT2D eigenvalue weighted by molar-refractivity contribution is -0.162. The SMILES string of the molecule is CCc1cc(CC(NC(C)=O)C(=O)O)ccc1CC(C)(C)OC(=O)C(=O)Nc1ccc(C(=O)OC(c2ccccc2)c2ccccc2)cc1. The monoisotopic (exact) mass is 664 g/mol. The Morgan fingerprint density at radius 1 is 0.796 bits per heavy atom. The summed E-state index contributed by atoms with van der Waals surface area (Å²) in [5.41, 5.74) is 3.69. The van der Waals surface area contributed by atoms with Crippen LogP contribution in [-0.4, -0.2) is 46.5 Å². The lowest BCUT2D eigenvalue weighted by atomic mass is 9.91. The molecule has 2 amide bonds. The first-order valence-corrected chi connectivity index (χ1v) is 15.9. The van der Waals surface area contributed by atoms with Crippen LogP contribution in [0.25, 0.3) is 0 Å². The Balaban J connectivity index is 1.36. The van der Waals surface area contributed by atoms with Gasteiger partial charge in [-0.05, 0) is 72.4 Å². The third-order valence-corrected chi connectivity index (χ3v) is 7.75. The van der Waals surface area contributed by atoms with Crippen LogP contribution >= 0.6 is 0 Å². The molecule has 0 radical (unpaired) electrons. The molecule has 0 aliphatic carbocycles. The number of carbonyl (C=O) groups is 5. The average molecular weight is 665 g/mol. The van der Waals surface area contributed by atoms with Crippen LogP contribution in [0, 0.1) is 0 Å². The molecule has 0 bridgehead atoms. The van der Waals surface area contributed by atoms with Gasteiger partial charge in [-0.25, -0.2) is 14.4 Å². The van der Waals surface area contributed by atoms with Gasteiger partial charge < -0.3 is 25.2 Å². The molecule has 0 fully saturated rings. The molecule has 3 N–H and O–H groups in total. The first kappa shape index (κ1) is 36.1. The standard InChI is InChI=1S/C39H40N2O8/c1-5-27-22-26(23-33(36(44)45)40-25(2)42)16-17-31(27)24-39(3,4)49-38(47)35(43)41-32-20-18-30(19-21-32)37(46)48-34(28-12-8-6-9-13-28)29-14-10-7-11-15-29/h6-22,33-34H,5,23-24H2,1-4H3,(H,40,42)(H,41,43)(H,44,45). The molecule has 1 unspecified atom stereocenters. The molecule has 254 valence electrons. The van der Waals surface area contributed by atoms with E-state index in [-0.39, 0.29) is 12.0 Å².